The molecular weight excluding hydrogens is 216 g/mol. The van der Waals surface area contributed by atoms with E-state index in [1.807, 2.05) is 6.92 Å². The number of para-hydroxylation sites is 1. The fourth-order valence-corrected chi connectivity index (χ4v) is 1.56. The van der Waals surface area contributed by atoms with Crippen molar-refractivity contribution < 1.29 is 9.90 Å². The number of anilines is 1. The van der Waals surface area contributed by atoms with E-state index in [1.54, 1.807) is 25.1 Å². The number of hydrogen-bond acceptors (Lipinski definition) is 3. The Morgan fingerprint density at radius 3 is 2.88 bits per heavy atom. The third kappa shape index (κ3) is 4.44. The Morgan fingerprint density at radius 1 is 1.53 bits per heavy atom. The van der Waals surface area contributed by atoms with E-state index in [0.717, 1.165) is 18.4 Å². The summed E-state index contributed by atoms with van der Waals surface area (Å²) in [5, 5.41) is 12.4. The molecule has 4 N–H and O–H groups in total. The Balaban J connectivity index is 2.48. The van der Waals surface area contributed by atoms with Crippen LogP contribution in [0.5, 0.6) is 5.75 Å². The summed E-state index contributed by atoms with van der Waals surface area (Å²) in [5.41, 5.74) is 6.82. The molecule has 0 saturated heterocycles. The molecule has 1 aromatic rings. The van der Waals surface area contributed by atoms with Gasteiger partial charge < -0.3 is 16.2 Å². The van der Waals surface area contributed by atoms with Crippen LogP contribution in [0.4, 0.5) is 5.69 Å². The van der Waals surface area contributed by atoms with Gasteiger partial charge in [-0.25, -0.2) is 0 Å². The first-order valence-corrected chi connectivity index (χ1v) is 5.84. The molecule has 0 aliphatic rings. The molecule has 4 heteroatoms. The maximum Gasteiger partial charge on any atom is 0.224 e. The molecule has 1 unspecified atom stereocenters. The van der Waals surface area contributed by atoms with Crippen LogP contribution < -0.4 is 11.1 Å². The van der Waals surface area contributed by atoms with Gasteiger partial charge in [0.05, 0.1) is 5.69 Å². The standard InChI is InChI=1S/C13H20N2O2/c1-9-5-3-7-11(13(9)17)15-12(16)8-4-6-10(2)14/h3,5,7,10,17H,4,6,8,14H2,1-2H3,(H,15,16). The molecule has 1 rings (SSSR count). The van der Waals surface area contributed by atoms with E-state index in [1.165, 1.54) is 0 Å². The molecule has 0 heterocycles. The van der Waals surface area contributed by atoms with Crippen molar-refractivity contribution in [2.45, 2.75) is 39.2 Å². The van der Waals surface area contributed by atoms with Crippen LogP contribution in [0, 0.1) is 6.92 Å². The number of nitrogens with one attached hydrogen (secondary N) is 1. The zero-order chi connectivity index (χ0) is 12.8. The van der Waals surface area contributed by atoms with E-state index in [-0.39, 0.29) is 17.7 Å². The number of carbonyl (C=O) groups is 1. The molecule has 4 nitrogen and oxygen atoms in total. The maximum absolute atomic E-state index is 11.6. The number of carbonyl (C=O) groups excluding carboxylic acids is 1. The van der Waals surface area contributed by atoms with Gasteiger partial charge >= 0.3 is 0 Å². The molecule has 0 aromatic heterocycles. The van der Waals surface area contributed by atoms with Crippen LogP contribution in [0.25, 0.3) is 0 Å². The zero-order valence-electron chi connectivity index (χ0n) is 10.4. The van der Waals surface area contributed by atoms with Gasteiger partial charge in [0.25, 0.3) is 0 Å². The smallest absolute Gasteiger partial charge is 0.224 e. The zero-order valence-corrected chi connectivity index (χ0v) is 10.4. The SMILES string of the molecule is Cc1cccc(NC(=O)CCCC(C)N)c1O. The summed E-state index contributed by atoms with van der Waals surface area (Å²) in [7, 11) is 0. The highest BCUT2D eigenvalue weighted by Gasteiger charge is 2.07. The molecule has 0 aliphatic heterocycles. The topological polar surface area (TPSA) is 75.4 Å². The van der Waals surface area contributed by atoms with Gasteiger partial charge in [0.1, 0.15) is 5.75 Å². The number of rotatable bonds is 5. The maximum atomic E-state index is 11.6. The number of nitrogens with two attached hydrogens (primary N) is 1. The normalized spacial score (nSPS) is 12.2. The summed E-state index contributed by atoms with van der Waals surface area (Å²) >= 11 is 0. The number of phenolic OH excluding ortho intramolecular Hbond substituents is 1. The number of phenols is 1. The lowest BCUT2D eigenvalue weighted by molar-refractivity contribution is -0.116. The van der Waals surface area contributed by atoms with Crippen LogP contribution >= 0.6 is 0 Å². The van der Waals surface area contributed by atoms with Crippen molar-refractivity contribution in [3.63, 3.8) is 0 Å². The first-order chi connectivity index (χ1) is 8.00. The van der Waals surface area contributed by atoms with Gasteiger partial charge in [-0.2, -0.15) is 0 Å². The van der Waals surface area contributed by atoms with Crippen molar-refractivity contribution in [3.05, 3.63) is 23.8 Å². The van der Waals surface area contributed by atoms with Crippen LogP contribution in [0.1, 0.15) is 31.7 Å². The van der Waals surface area contributed by atoms with Crippen molar-refractivity contribution in [3.8, 4) is 5.75 Å². The molecule has 94 valence electrons. The van der Waals surface area contributed by atoms with E-state index in [4.69, 9.17) is 5.73 Å². The van der Waals surface area contributed by atoms with Gasteiger partial charge in [0, 0.05) is 12.5 Å². The van der Waals surface area contributed by atoms with Crippen molar-refractivity contribution in [2.24, 2.45) is 5.73 Å². The number of aryl methyl sites for hydroxylation is 1. The lowest BCUT2D eigenvalue weighted by Crippen LogP contribution is -2.16. The highest BCUT2D eigenvalue weighted by Crippen LogP contribution is 2.26. The average Bonchev–Trinajstić information content (AvgIpc) is 2.24. The molecule has 0 aliphatic carbocycles. The minimum absolute atomic E-state index is 0.0912. The Morgan fingerprint density at radius 2 is 2.24 bits per heavy atom. The third-order valence-corrected chi connectivity index (χ3v) is 2.58. The fraction of sp³-hybridized carbons (Fsp3) is 0.462. The summed E-state index contributed by atoms with van der Waals surface area (Å²) in [5.74, 6) is 0.0413. The summed E-state index contributed by atoms with van der Waals surface area (Å²) in [6, 6.07) is 5.40. The molecule has 1 atom stereocenters. The van der Waals surface area contributed by atoms with Crippen molar-refractivity contribution in [2.75, 3.05) is 5.32 Å². The number of amides is 1. The molecule has 1 amide bonds. The molecule has 0 fully saturated rings. The number of hydrogen-bond donors (Lipinski definition) is 3. The predicted octanol–water partition coefficient (Wildman–Crippen LogP) is 2.16. The minimum atomic E-state index is -0.0912. The number of benzene rings is 1. The Kier molecular flexibility index (Phi) is 4.97. The lowest BCUT2D eigenvalue weighted by Gasteiger charge is -2.09. The fourth-order valence-electron chi connectivity index (χ4n) is 1.56. The Hall–Kier alpha value is -1.55. The van der Waals surface area contributed by atoms with Crippen LogP contribution in [-0.4, -0.2) is 17.1 Å². The van der Waals surface area contributed by atoms with Crippen molar-refractivity contribution in [1.29, 1.82) is 0 Å². The second-order valence-electron chi connectivity index (χ2n) is 4.39. The molecule has 17 heavy (non-hydrogen) atoms. The Labute approximate surface area is 102 Å². The molecule has 1 aromatic carbocycles. The number of aromatic hydroxyl groups is 1. The quantitative estimate of drug-likeness (QED) is 0.686. The van der Waals surface area contributed by atoms with E-state index in [2.05, 4.69) is 5.32 Å². The molecular formula is C13H20N2O2. The summed E-state index contributed by atoms with van der Waals surface area (Å²) < 4.78 is 0. The third-order valence-electron chi connectivity index (χ3n) is 2.58. The van der Waals surface area contributed by atoms with Crippen molar-refractivity contribution >= 4 is 11.6 Å². The van der Waals surface area contributed by atoms with Gasteiger partial charge in [-0.3, -0.25) is 4.79 Å². The summed E-state index contributed by atoms with van der Waals surface area (Å²) in [6.07, 6.45) is 2.01. The van der Waals surface area contributed by atoms with E-state index in [0.29, 0.717) is 12.1 Å². The molecule has 0 radical (unpaired) electrons. The first-order valence-electron chi connectivity index (χ1n) is 5.84. The Bertz CT molecular complexity index is 389. The largest absolute Gasteiger partial charge is 0.505 e. The van der Waals surface area contributed by atoms with Crippen LogP contribution in [0.2, 0.25) is 0 Å². The highest BCUT2D eigenvalue weighted by atomic mass is 16.3. The summed E-state index contributed by atoms with van der Waals surface area (Å²) in [4.78, 5) is 11.6. The second-order valence-corrected chi connectivity index (χ2v) is 4.39. The highest BCUT2D eigenvalue weighted by molar-refractivity contribution is 5.92. The monoisotopic (exact) mass is 236 g/mol. The van der Waals surface area contributed by atoms with Gasteiger partial charge in [0.2, 0.25) is 5.91 Å². The van der Waals surface area contributed by atoms with Gasteiger partial charge in [-0.15, -0.1) is 0 Å². The minimum Gasteiger partial charge on any atom is -0.505 e. The lowest BCUT2D eigenvalue weighted by atomic mass is 10.1. The molecule has 0 saturated carbocycles. The van der Waals surface area contributed by atoms with E-state index >= 15 is 0 Å². The molecule has 0 spiro atoms. The van der Waals surface area contributed by atoms with Gasteiger partial charge in [-0.1, -0.05) is 12.1 Å². The van der Waals surface area contributed by atoms with Crippen molar-refractivity contribution in [1.82, 2.24) is 0 Å². The average molecular weight is 236 g/mol. The van der Waals surface area contributed by atoms with Crippen LogP contribution in [0.15, 0.2) is 18.2 Å². The van der Waals surface area contributed by atoms with Crippen LogP contribution in [-0.2, 0) is 4.79 Å². The second kappa shape index (κ2) is 6.25. The summed E-state index contributed by atoms with van der Waals surface area (Å²) in [6.45, 7) is 3.71. The van der Waals surface area contributed by atoms with E-state index in [9.17, 15) is 9.90 Å². The van der Waals surface area contributed by atoms with Gasteiger partial charge in [0.15, 0.2) is 0 Å². The van der Waals surface area contributed by atoms with E-state index < -0.39 is 0 Å². The molecule has 0 bridgehead atoms. The van der Waals surface area contributed by atoms with Gasteiger partial charge in [-0.05, 0) is 38.3 Å². The predicted molar refractivity (Wildman–Crippen MR) is 69.0 cm³/mol. The first kappa shape index (κ1) is 13.5. The van der Waals surface area contributed by atoms with Crippen LogP contribution in [0.3, 0.4) is 0 Å².